The van der Waals surface area contributed by atoms with E-state index in [0.717, 1.165) is 13.0 Å². The summed E-state index contributed by atoms with van der Waals surface area (Å²) in [5.41, 5.74) is 1.81. The van der Waals surface area contributed by atoms with Crippen molar-refractivity contribution in [2.75, 3.05) is 18.8 Å². The van der Waals surface area contributed by atoms with Gasteiger partial charge in [0.1, 0.15) is 0 Å². The van der Waals surface area contributed by atoms with E-state index in [4.69, 9.17) is 5.73 Å². The van der Waals surface area contributed by atoms with Crippen LogP contribution < -0.4 is 5.73 Å². The van der Waals surface area contributed by atoms with Crippen molar-refractivity contribution in [1.82, 2.24) is 4.90 Å². The second-order valence-electron chi connectivity index (χ2n) is 4.38. The van der Waals surface area contributed by atoms with Gasteiger partial charge in [0.15, 0.2) is 0 Å². The number of thioether (sulfide) groups is 1. The molecule has 0 amide bonds. The SMILES string of the molecule is CC1C(N)CCN(CCSC(F)(F)F)C1C. The quantitative estimate of drug-likeness (QED) is 0.840. The smallest absolute Gasteiger partial charge is 0.327 e. The minimum absolute atomic E-state index is 0.0584. The van der Waals surface area contributed by atoms with Gasteiger partial charge < -0.3 is 5.73 Å². The van der Waals surface area contributed by atoms with E-state index in [0.29, 0.717) is 12.5 Å². The van der Waals surface area contributed by atoms with Gasteiger partial charge in [-0.2, -0.15) is 13.2 Å². The van der Waals surface area contributed by atoms with Gasteiger partial charge in [-0.1, -0.05) is 6.92 Å². The van der Waals surface area contributed by atoms with Crippen LogP contribution in [0, 0.1) is 5.92 Å². The fourth-order valence-corrected chi connectivity index (χ4v) is 2.62. The Labute approximate surface area is 98.7 Å². The van der Waals surface area contributed by atoms with Crippen LogP contribution >= 0.6 is 11.8 Å². The minimum atomic E-state index is -4.11. The lowest BCUT2D eigenvalue weighted by atomic mass is 9.88. The number of alkyl halides is 3. The van der Waals surface area contributed by atoms with Gasteiger partial charge in [0, 0.05) is 24.4 Å². The monoisotopic (exact) mass is 256 g/mol. The molecule has 0 aromatic heterocycles. The Morgan fingerprint density at radius 1 is 1.38 bits per heavy atom. The Hall–Kier alpha value is 0.0600. The molecular weight excluding hydrogens is 237 g/mol. The van der Waals surface area contributed by atoms with Crippen LogP contribution in [0.25, 0.3) is 0 Å². The molecule has 0 aliphatic carbocycles. The zero-order valence-electron chi connectivity index (χ0n) is 9.63. The van der Waals surface area contributed by atoms with Gasteiger partial charge >= 0.3 is 5.51 Å². The standard InChI is InChI=1S/C10H19F3N2S/c1-7-8(2)15(4-3-9(7)14)5-6-16-10(11,12)13/h7-9H,3-6,14H2,1-2H3. The summed E-state index contributed by atoms with van der Waals surface area (Å²) >= 11 is 0.0584. The molecule has 6 heteroatoms. The summed E-state index contributed by atoms with van der Waals surface area (Å²) in [6.45, 7) is 5.41. The van der Waals surface area contributed by atoms with Crippen molar-refractivity contribution < 1.29 is 13.2 Å². The zero-order chi connectivity index (χ0) is 12.3. The molecule has 1 heterocycles. The predicted octanol–water partition coefficient (Wildman–Crippen LogP) is 2.30. The molecule has 1 fully saturated rings. The molecule has 1 rings (SSSR count). The Balaban J connectivity index is 2.32. The van der Waals surface area contributed by atoms with Gasteiger partial charge in [-0.25, -0.2) is 0 Å². The van der Waals surface area contributed by atoms with E-state index in [9.17, 15) is 13.2 Å². The fourth-order valence-electron chi connectivity index (χ4n) is 2.07. The first-order chi connectivity index (χ1) is 7.31. The lowest BCUT2D eigenvalue weighted by Gasteiger charge is -2.41. The van der Waals surface area contributed by atoms with E-state index < -0.39 is 5.51 Å². The molecular formula is C10H19F3N2S. The van der Waals surface area contributed by atoms with E-state index in [-0.39, 0.29) is 29.6 Å². The molecule has 0 spiro atoms. The summed E-state index contributed by atoms with van der Waals surface area (Å²) in [7, 11) is 0. The third-order valence-corrected chi connectivity index (χ3v) is 4.12. The van der Waals surface area contributed by atoms with Crippen LogP contribution in [-0.4, -0.2) is 41.3 Å². The molecule has 16 heavy (non-hydrogen) atoms. The van der Waals surface area contributed by atoms with Crippen molar-refractivity contribution in [2.45, 2.75) is 37.9 Å². The van der Waals surface area contributed by atoms with E-state index in [1.807, 2.05) is 6.92 Å². The molecule has 1 aliphatic rings. The number of hydrogen-bond donors (Lipinski definition) is 1. The van der Waals surface area contributed by atoms with Crippen LogP contribution in [0.5, 0.6) is 0 Å². The van der Waals surface area contributed by atoms with Gasteiger partial charge in [0.2, 0.25) is 0 Å². The Morgan fingerprint density at radius 3 is 2.56 bits per heavy atom. The molecule has 0 saturated carbocycles. The average Bonchev–Trinajstić information content (AvgIpc) is 2.16. The van der Waals surface area contributed by atoms with Crippen LogP contribution in [0.2, 0.25) is 0 Å². The van der Waals surface area contributed by atoms with Crippen LogP contribution in [0.1, 0.15) is 20.3 Å². The maximum absolute atomic E-state index is 12.0. The number of hydrogen-bond acceptors (Lipinski definition) is 3. The van der Waals surface area contributed by atoms with E-state index in [1.54, 1.807) is 0 Å². The normalized spacial score (nSPS) is 33.0. The lowest BCUT2D eigenvalue weighted by molar-refractivity contribution is -0.0330. The number of halogens is 3. The molecule has 0 aromatic carbocycles. The van der Waals surface area contributed by atoms with Crippen LogP contribution in [-0.2, 0) is 0 Å². The summed E-state index contributed by atoms with van der Waals surface area (Å²) < 4.78 is 35.9. The molecule has 0 radical (unpaired) electrons. The van der Waals surface area contributed by atoms with Crippen LogP contribution in [0.15, 0.2) is 0 Å². The van der Waals surface area contributed by atoms with Crippen molar-refractivity contribution >= 4 is 11.8 Å². The molecule has 0 bridgehead atoms. The molecule has 2 nitrogen and oxygen atoms in total. The predicted molar refractivity (Wildman–Crippen MR) is 61.3 cm³/mol. The molecule has 96 valence electrons. The van der Waals surface area contributed by atoms with E-state index in [1.165, 1.54) is 0 Å². The molecule has 1 aliphatic heterocycles. The fraction of sp³-hybridized carbons (Fsp3) is 1.00. The highest BCUT2D eigenvalue weighted by atomic mass is 32.2. The number of piperidine rings is 1. The minimum Gasteiger partial charge on any atom is -0.327 e. The third-order valence-electron chi connectivity index (χ3n) is 3.41. The van der Waals surface area contributed by atoms with Crippen molar-refractivity contribution in [2.24, 2.45) is 11.7 Å². The Bertz CT molecular complexity index is 223. The van der Waals surface area contributed by atoms with Gasteiger partial charge in [0.25, 0.3) is 0 Å². The van der Waals surface area contributed by atoms with E-state index >= 15 is 0 Å². The van der Waals surface area contributed by atoms with Crippen molar-refractivity contribution in [3.63, 3.8) is 0 Å². The average molecular weight is 256 g/mol. The summed E-state index contributed by atoms with van der Waals surface area (Å²) in [6.07, 6.45) is 0.877. The molecule has 0 aromatic rings. The maximum Gasteiger partial charge on any atom is 0.441 e. The summed E-state index contributed by atoms with van der Waals surface area (Å²) in [5, 5.41) is 0. The molecule has 3 atom stereocenters. The van der Waals surface area contributed by atoms with Gasteiger partial charge in [-0.15, -0.1) is 0 Å². The first kappa shape index (κ1) is 14.1. The highest BCUT2D eigenvalue weighted by Gasteiger charge is 2.32. The highest BCUT2D eigenvalue weighted by molar-refractivity contribution is 8.00. The van der Waals surface area contributed by atoms with E-state index in [2.05, 4.69) is 11.8 Å². The maximum atomic E-state index is 12.0. The van der Waals surface area contributed by atoms with Gasteiger partial charge in [-0.3, -0.25) is 4.90 Å². The lowest BCUT2D eigenvalue weighted by Crippen LogP contribution is -2.52. The first-order valence-corrected chi connectivity index (χ1v) is 6.50. The zero-order valence-corrected chi connectivity index (χ0v) is 10.4. The number of nitrogens with two attached hydrogens (primary N) is 1. The summed E-state index contributed by atoms with van der Waals surface area (Å²) in [4.78, 5) is 2.10. The van der Waals surface area contributed by atoms with Crippen LogP contribution in [0.4, 0.5) is 13.2 Å². The first-order valence-electron chi connectivity index (χ1n) is 5.51. The Morgan fingerprint density at radius 2 is 2.00 bits per heavy atom. The number of rotatable bonds is 3. The summed E-state index contributed by atoms with van der Waals surface area (Å²) in [6, 6.07) is 0.458. The van der Waals surface area contributed by atoms with Crippen molar-refractivity contribution in [3.8, 4) is 0 Å². The topological polar surface area (TPSA) is 29.3 Å². The molecule has 1 saturated heterocycles. The molecule has 3 unspecified atom stereocenters. The second kappa shape index (κ2) is 5.60. The third kappa shape index (κ3) is 4.14. The Kier molecular flexibility index (Phi) is 4.94. The number of nitrogens with zero attached hydrogens (tertiary/aromatic N) is 1. The van der Waals surface area contributed by atoms with Crippen molar-refractivity contribution in [3.05, 3.63) is 0 Å². The second-order valence-corrected chi connectivity index (χ2v) is 5.54. The number of likely N-dealkylation sites (tertiary alicyclic amines) is 1. The highest BCUT2D eigenvalue weighted by Crippen LogP contribution is 2.30. The van der Waals surface area contributed by atoms with Gasteiger partial charge in [-0.05, 0) is 37.6 Å². The van der Waals surface area contributed by atoms with Crippen molar-refractivity contribution in [1.29, 1.82) is 0 Å². The largest absolute Gasteiger partial charge is 0.441 e. The summed E-state index contributed by atoms with van der Waals surface area (Å²) in [5.74, 6) is 0.458. The molecule has 2 N–H and O–H groups in total. The van der Waals surface area contributed by atoms with Crippen LogP contribution in [0.3, 0.4) is 0 Å². The van der Waals surface area contributed by atoms with Gasteiger partial charge in [0.05, 0.1) is 0 Å².